The number of carbonyl (C=O) groups is 2. The van der Waals surface area contributed by atoms with Crippen molar-refractivity contribution >= 4 is 11.8 Å². The second-order valence-corrected chi connectivity index (χ2v) is 7.81. The summed E-state index contributed by atoms with van der Waals surface area (Å²) in [7, 11) is 0. The van der Waals surface area contributed by atoms with Gasteiger partial charge >= 0.3 is 0 Å². The molecule has 0 unspecified atom stereocenters. The Morgan fingerprint density at radius 3 is 2.83 bits per heavy atom. The largest absolute Gasteiger partial charge is 0.491 e. The molecule has 1 atom stereocenters. The molecule has 1 aliphatic heterocycles. The summed E-state index contributed by atoms with van der Waals surface area (Å²) in [6.45, 7) is 2.89. The van der Waals surface area contributed by atoms with Crippen molar-refractivity contribution in [3.8, 4) is 35.0 Å². The highest BCUT2D eigenvalue weighted by Crippen LogP contribution is 2.35. The molecule has 0 aliphatic carbocycles. The fourth-order valence-corrected chi connectivity index (χ4v) is 3.52. The van der Waals surface area contributed by atoms with Crippen LogP contribution < -0.4 is 15.8 Å². The van der Waals surface area contributed by atoms with Crippen LogP contribution in [0.3, 0.4) is 0 Å². The van der Waals surface area contributed by atoms with Gasteiger partial charge in [0.1, 0.15) is 47.7 Å². The van der Waals surface area contributed by atoms with Crippen LogP contribution in [0.2, 0.25) is 0 Å². The molecular formula is C23H19FN6O5. The van der Waals surface area contributed by atoms with Gasteiger partial charge in [0, 0.05) is 12.1 Å². The summed E-state index contributed by atoms with van der Waals surface area (Å²) in [6, 6.07) is 5.74. The molecule has 0 bridgehead atoms. The molecule has 12 heteroatoms. The normalized spacial score (nSPS) is 13.6. The number of fused-ring (bicyclic) bond motifs is 3. The zero-order chi connectivity index (χ0) is 25.3. The van der Waals surface area contributed by atoms with Gasteiger partial charge in [-0.15, -0.1) is 0 Å². The Hall–Kier alpha value is -4.68. The van der Waals surface area contributed by atoms with Crippen molar-refractivity contribution in [2.24, 2.45) is 5.73 Å². The maximum atomic E-state index is 14.9. The van der Waals surface area contributed by atoms with Gasteiger partial charge in [-0.3, -0.25) is 9.59 Å². The van der Waals surface area contributed by atoms with Gasteiger partial charge in [0.15, 0.2) is 11.3 Å². The first-order valence-electron chi connectivity index (χ1n) is 10.3. The van der Waals surface area contributed by atoms with E-state index in [1.807, 2.05) is 0 Å². The number of aryl methyl sites for hydroxylation is 1. The van der Waals surface area contributed by atoms with Crippen LogP contribution in [0, 0.1) is 35.9 Å². The van der Waals surface area contributed by atoms with E-state index in [0.29, 0.717) is 5.76 Å². The van der Waals surface area contributed by atoms with E-state index in [4.69, 9.17) is 20.3 Å². The van der Waals surface area contributed by atoms with Crippen molar-refractivity contribution in [3.05, 3.63) is 52.4 Å². The Bertz CT molecular complexity index is 1450. The second kappa shape index (κ2) is 8.93. The van der Waals surface area contributed by atoms with Crippen LogP contribution in [0.5, 0.6) is 5.75 Å². The van der Waals surface area contributed by atoms with Gasteiger partial charge in [0.25, 0.3) is 11.8 Å². The Morgan fingerprint density at radius 2 is 2.17 bits per heavy atom. The van der Waals surface area contributed by atoms with Crippen LogP contribution in [0.4, 0.5) is 4.39 Å². The van der Waals surface area contributed by atoms with Crippen molar-refractivity contribution in [2.45, 2.75) is 26.0 Å². The first kappa shape index (κ1) is 23.5. The first-order chi connectivity index (χ1) is 16.6. The first-order valence-corrected chi connectivity index (χ1v) is 10.3. The lowest BCUT2D eigenvalue weighted by atomic mass is 10.0. The number of hydrogen-bond acceptors (Lipinski definition) is 8. The number of hydrogen-bond donors (Lipinski definition) is 3. The number of aromatic nitrogens is 3. The molecule has 3 aromatic rings. The SMILES string of the molecule is Cc1cc([C@](C)(O)C#Cc2cc3c(cc2F)OCCn2c-3nc(C(N)=O)c2C(=O)NCC#N)no1. The third-order valence-corrected chi connectivity index (χ3v) is 5.19. The molecule has 4 rings (SSSR count). The predicted molar refractivity (Wildman–Crippen MR) is 117 cm³/mol. The number of carbonyl (C=O) groups excluding carboxylic acids is 2. The molecule has 3 heterocycles. The summed E-state index contributed by atoms with van der Waals surface area (Å²) < 4.78 is 26.9. The summed E-state index contributed by atoms with van der Waals surface area (Å²) in [5.41, 5.74) is 3.60. The monoisotopic (exact) mass is 478 g/mol. The number of nitrogens with two attached hydrogens (primary N) is 1. The van der Waals surface area contributed by atoms with E-state index in [0.717, 1.165) is 6.07 Å². The van der Waals surface area contributed by atoms with Crippen LogP contribution in [-0.4, -0.2) is 44.8 Å². The molecule has 4 N–H and O–H groups in total. The maximum absolute atomic E-state index is 14.9. The number of halogens is 1. The minimum atomic E-state index is -1.73. The third-order valence-electron chi connectivity index (χ3n) is 5.19. The quantitative estimate of drug-likeness (QED) is 0.368. The topological polar surface area (TPSA) is 169 Å². The summed E-state index contributed by atoms with van der Waals surface area (Å²) >= 11 is 0. The number of benzene rings is 1. The van der Waals surface area contributed by atoms with E-state index in [1.165, 1.54) is 23.6 Å². The number of amides is 2. The molecule has 0 radical (unpaired) electrons. The Kier molecular flexibility index (Phi) is 5.99. The number of ether oxygens (including phenoxy) is 1. The van der Waals surface area contributed by atoms with E-state index >= 15 is 0 Å². The highest BCUT2D eigenvalue weighted by molar-refractivity contribution is 6.05. The molecule has 1 aliphatic rings. The van der Waals surface area contributed by atoms with E-state index in [9.17, 15) is 19.1 Å². The molecular weight excluding hydrogens is 459 g/mol. The van der Waals surface area contributed by atoms with Crippen molar-refractivity contribution in [3.63, 3.8) is 0 Å². The zero-order valence-corrected chi connectivity index (χ0v) is 18.7. The molecule has 2 aromatic heterocycles. The average molecular weight is 478 g/mol. The molecule has 0 fully saturated rings. The fraction of sp³-hybridized carbons (Fsp3) is 0.261. The van der Waals surface area contributed by atoms with Gasteiger partial charge in [-0.25, -0.2) is 9.37 Å². The van der Waals surface area contributed by atoms with E-state index in [2.05, 4.69) is 27.3 Å². The van der Waals surface area contributed by atoms with Gasteiger partial charge in [-0.05, 0) is 19.9 Å². The highest BCUT2D eigenvalue weighted by atomic mass is 19.1. The third kappa shape index (κ3) is 4.43. The number of rotatable bonds is 4. The minimum Gasteiger partial charge on any atom is -0.491 e. The smallest absolute Gasteiger partial charge is 0.271 e. The van der Waals surface area contributed by atoms with Crippen molar-refractivity contribution in [1.29, 1.82) is 5.26 Å². The van der Waals surface area contributed by atoms with Gasteiger partial charge in [-0.2, -0.15) is 5.26 Å². The summed E-state index contributed by atoms with van der Waals surface area (Å²) in [6.07, 6.45) is 0. The van der Waals surface area contributed by atoms with Crippen LogP contribution in [0.15, 0.2) is 22.7 Å². The van der Waals surface area contributed by atoms with Gasteiger partial charge < -0.3 is 30.0 Å². The molecule has 1 aromatic carbocycles. The molecule has 0 spiro atoms. The van der Waals surface area contributed by atoms with E-state index in [-0.39, 0.29) is 59.5 Å². The van der Waals surface area contributed by atoms with Gasteiger partial charge in [0.2, 0.25) is 0 Å². The standard InChI is InChI=1S/C23H19FN6O5/c1-12-9-17(29-35-12)23(2,33)4-3-13-10-14-16(11-15(13)24)34-8-7-30-19(22(32)27-6-5-25)18(20(26)31)28-21(14)30/h9-11,33H,6-8H2,1-2H3,(H2,26,31)(H,27,32)/t23-/m1/s1. The summed E-state index contributed by atoms with van der Waals surface area (Å²) in [5, 5.41) is 25.5. The Balaban J connectivity index is 1.83. The number of primary amides is 1. The molecule has 178 valence electrons. The number of imidazole rings is 1. The second-order valence-electron chi connectivity index (χ2n) is 7.81. The van der Waals surface area contributed by atoms with Crippen LogP contribution in [0.25, 0.3) is 11.4 Å². The molecule has 2 amide bonds. The number of nitriles is 1. The lowest BCUT2D eigenvalue weighted by Crippen LogP contribution is -2.29. The van der Waals surface area contributed by atoms with Crippen molar-refractivity contribution < 1.29 is 28.3 Å². The van der Waals surface area contributed by atoms with E-state index < -0.39 is 23.2 Å². The van der Waals surface area contributed by atoms with E-state index in [1.54, 1.807) is 13.0 Å². The van der Waals surface area contributed by atoms with Crippen LogP contribution in [-0.2, 0) is 12.1 Å². The van der Waals surface area contributed by atoms with Gasteiger partial charge in [-0.1, -0.05) is 17.0 Å². The molecule has 0 saturated heterocycles. The van der Waals surface area contributed by atoms with Crippen LogP contribution in [0.1, 0.15) is 44.9 Å². The fourth-order valence-electron chi connectivity index (χ4n) is 3.52. The minimum absolute atomic E-state index is 0.0395. The Morgan fingerprint density at radius 1 is 1.40 bits per heavy atom. The maximum Gasteiger partial charge on any atom is 0.271 e. The number of aliphatic hydroxyl groups is 1. The molecule has 35 heavy (non-hydrogen) atoms. The zero-order valence-electron chi connectivity index (χ0n) is 18.7. The molecule has 11 nitrogen and oxygen atoms in total. The lowest BCUT2D eigenvalue weighted by molar-refractivity contribution is 0.0929. The average Bonchev–Trinajstić information content (AvgIpc) is 3.37. The number of nitrogens with zero attached hydrogens (tertiary/aromatic N) is 4. The summed E-state index contributed by atoms with van der Waals surface area (Å²) in [5.74, 6) is 3.52. The lowest BCUT2D eigenvalue weighted by Gasteiger charge is -2.12. The predicted octanol–water partition coefficient (Wildman–Crippen LogP) is 0.989. The molecule has 0 saturated carbocycles. The Labute approximate surface area is 198 Å². The van der Waals surface area contributed by atoms with Crippen molar-refractivity contribution in [2.75, 3.05) is 13.2 Å². The van der Waals surface area contributed by atoms with Crippen LogP contribution >= 0.6 is 0 Å². The highest BCUT2D eigenvalue weighted by Gasteiger charge is 2.30. The van der Waals surface area contributed by atoms with Crippen molar-refractivity contribution in [1.82, 2.24) is 20.0 Å². The van der Waals surface area contributed by atoms with Gasteiger partial charge in [0.05, 0.1) is 23.7 Å². The summed E-state index contributed by atoms with van der Waals surface area (Å²) in [4.78, 5) is 28.9. The number of nitrogens with one attached hydrogen (secondary N) is 1.